The van der Waals surface area contributed by atoms with Crippen molar-refractivity contribution < 1.29 is 13.9 Å². The number of hydrogen-bond acceptors (Lipinski definition) is 3. The van der Waals surface area contributed by atoms with E-state index in [1.165, 1.54) is 12.1 Å². The summed E-state index contributed by atoms with van der Waals surface area (Å²) in [7, 11) is 0. The maximum absolute atomic E-state index is 12.9. The number of carbonyl (C=O) groups is 1. The Hall–Kier alpha value is -1.33. The molecular weight excluding hydrogens is 307 g/mol. The summed E-state index contributed by atoms with van der Waals surface area (Å²) in [5, 5.41) is 2.85. The summed E-state index contributed by atoms with van der Waals surface area (Å²) >= 11 is 0. The summed E-state index contributed by atoms with van der Waals surface area (Å²) < 4.78 is 18.3. The molecule has 4 nitrogen and oxygen atoms in total. The van der Waals surface area contributed by atoms with E-state index in [0.29, 0.717) is 31.7 Å². The van der Waals surface area contributed by atoms with Crippen LogP contribution in [0.3, 0.4) is 0 Å². The summed E-state index contributed by atoms with van der Waals surface area (Å²) in [4.78, 5) is 11.7. The first kappa shape index (κ1) is 20.7. The highest BCUT2D eigenvalue weighted by Gasteiger charge is 2.20. The van der Waals surface area contributed by atoms with Crippen LogP contribution in [0.25, 0.3) is 0 Å². The van der Waals surface area contributed by atoms with Gasteiger partial charge in [-0.05, 0) is 31.4 Å². The third kappa shape index (κ3) is 7.61. The lowest BCUT2D eigenvalue weighted by atomic mass is 9.94. The molecule has 1 amide bonds. The van der Waals surface area contributed by atoms with E-state index in [1.54, 1.807) is 12.1 Å². The molecule has 0 aromatic heterocycles. The molecule has 0 radical (unpaired) electrons. The number of rotatable bonds is 9. The van der Waals surface area contributed by atoms with E-state index in [-0.39, 0.29) is 29.7 Å². The molecule has 6 heteroatoms. The molecular formula is C16H26ClFN2O2. The highest BCUT2D eigenvalue weighted by atomic mass is 35.5. The minimum Gasteiger partial charge on any atom is -0.493 e. The Morgan fingerprint density at radius 1 is 1.36 bits per heavy atom. The fourth-order valence-corrected chi connectivity index (χ4v) is 1.84. The first-order valence-electron chi connectivity index (χ1n) is 7.43. The van der Waals surface area contributed by atoms with Crippen LogP contribution in [-0.4, -0.2) is 24.6 Å². The minimum absolute atomic E-state index is 0. The van der Waals surface area contributed by atoms with Crippen LogP contribution in [0.4, 0.5) is 4.39 Å². The third-order valence-corrected chi connectivity index (χ3v) is 3.66. The molecule has 0 aliphatic heterocycles. The molecule has 0 aliphatic rings. The van der Waals surface area contributed by atoms with Crippen molar-refractivity contribution in [2.75, 3.05) is 13.2 Å². The van der Waals surface area contributed by atoms with Crippen LogP contribution in [0.5, 0.6) is 5.75 Å². The van der Waals surface area contributed by atoms with Crippen molar-refractivity contribution in [1.29, 1.82) is 0 Å². The average molecular weight is 333 g/mol. The van der Waals surface area contributed by atoms with Gasteiger partial charge in [-0.25, -0.2) is 4.39 Å². The lowest BCUT2D eigenvalue weighted by molar-refractivity contribution is -0.121. The summed E-state index contributed by atoms with van der Waals surface area (Å²) in [6, 6.07) is 5.97. The Morgan fingerprint density at radius 2 is 2.05 bits per heavy atom. The molecule has 3 N–H and O–H groups in total. The molecule has 0 saturated heterocycles. The second kappa shape index (κ2) is 10.4. The van der Waals surface area contributed by atoms with Crippen molar-refractivity contribution in [1.82, 2.24) is 5.32 Å². The number of carbonyl (C=O) groups excluding carboxylic acids is 1. The number of benzene rings is 1. The molecule has 1 aromatic rings. The lowest BCUT2D eigenvalue weighted by Crippen LogP contribution is -2.49. The van der Waals surface area contributed by atoms with Crippen LogP contribution in [0.15, 0.2) is 24.3 Å². The van der Waals surface area contributed by atoms with Gasteiger partial charge in [0.2, 0.25) is 5.91 Å². The predicted molar refractivity (Wildman–Crippen MR) is 88.9 cm³/mol. The summed E-state index contributed by atoms with van der Waals surface area (Å²) in [6.45, 7) is 4.90. The van der Waals surface area contributed by atoms with E-state index in [1.807, 2.05) is 13.8 Å². The Labute approximate surface area is 138 Å². The highest BCUT2D eigenvalue weighted by molar-refractivity contribution is 5.85. The Bertz CT molecular complexity index is 454. The molecule has 0 spiro atoms. The Balaban J connectivity index is 0.00000441. The summed E-state index contributed by atoms with van der Waals surface area (Å²) in [6.07, 6.45) is 2.61. The van der Waals surface area contributed by atoms with E-state index in [0.717, 1.165) is 12.8 Å². The van der Waals surface area contributed by atoms with E-state index in [4.69, 9.17) is 10.5 Å². The van der Waals surface area contributed by atoms with Gasteiger partial charge >= 0.3 is 0 Å². The molecule has 1 rings (SSSR count). The first-order chi connectivity index (χ1) is 9.99. The number of amides is 1. The van der Waals surface area contributed by atoms with E-state index in [9.17, 15) is 9.18 Å². The Morgan fingerprint density at radius 3 is 2.64 bits per heavy atom. The normalized spacial score (nSPS) is 10.7. The van der Waals surface area contributed by atoms with Gasteiger partial charge in [-0.1, -0.05) is 19.9 Å². The fourth-order valence-electron chi connectivity index (χ4n) is 1.84. The maximum atomic E-state index is 12.9. The summed E-state index contributed by atoms with van der Waals surface area (Å²) in [5.41, 5.74) is 5.79. The van der Waals surface area contributed by atoms with Crippen LogP contribution in [0.1, 0.15) is 39.5 Å². The second-order valence-corrected chi connectivity index (χ2v) is 5.26. The average Bonchev–Trinajstić information content (AvgIpc) is 2.49. The number of ether oxygens (including phenoxy) is 1. The largest absolute Gasteiger partial charge is 0.493 e. The van der Waals surface area contributed by atoms with E-state index < -0.39 is 0 Å². The molecule has 0 atom stereocenters. The van der Waals surface area contributed by atoms with Crippen LogP contribution < -0.4 is 15.8 Å². The minimum atomic E-state index is -0.330. The van der Waals surface area contributed by atoms with Crippen molar-refractivity contribution >= 4 is 18.3 Å². The molecule has 0 heterocycles. The number of nitrogens with one attached hydrogen (secondary N) is 1. The highest BCUT2D eigenvalue weighted by Crippen LogP contribution is 2.12. The molecule has 0 aliphatic carbocycles. The summed E-state index contributed by atoms with van der Waals surface area (Å²) in [5.74, 6) is 0.117. The lowest BCUT2D eigenvalue weighted by Gasteiger charge is -2.26. The van der Waals surface area contributed by atoms with Crippen molar-refractivity contribution in [3.8, 4) is 5.75 Å². The number of hydrogen-bond donors (Lipinski definition) is 2. The van der Waals surface area contributed by atoms with Gasteiger partial charge < -0.3 is 15.8 Å². The van der Waals surface area contributed by atoms with Gasteiger partial charge in [0.25, 0.3) is 0 Å². The molecule has 1 aromatic carbocycles. The zero-order chi connectivity index (χ0) is 15.7. The zero-order valence-electron chi connectivity index (χ0n) is 13.2. The monoisotopic (exact) mass is 332 g/mol. The van der Waals surface area contributed by atoms with Crippen molar-refractivity contribution in [3.63, 3.8) is 0 Å². The first-order valence-corrected chi connectivity index (χ1v) is 7.43. The van der Waals surface area contributed by atoms with Crippen LogP contribution in [0.2, 0.25) is 0 Å². The fraction of sp³-hybridized carbons (Fsp3) is 0.562. The molecule has 0 saturated carbocycles. The molecule has 0 fully saturated rings. The van der Waals surface area contributed by atoms with Gasteiger partial charge in [0.05, 0.1) is 6.61 Å². The van der Waals surface area contributed by atoms with E-state index >= 15 is 0 Å². The van der Waals surface area contributed by atoms with Crippen LogP contribution in [0, 0.1) is 5.82 Å². The Kier molecular flexibility index (Phi) is 9.78. The van der Waals surface area contributed by atoms with Crippen LogP contribution >= 0.6 is 12.4 Å². The second-order valence-electron chi connectivity index (χ2n) is 5.26. The molecule has 0 unspecified atom stereocenters. The SMILES string of the molecule is CCC(N)(CC)CNC(=O)CCCOc1cccc(F)c1.Cl. The van der Waals surface area contributed by atoms with Gasteiger partial charge in [0, 0.05) is 24.6 Å². The third-order valence-electron chi connectivity index (χ3n) is 3.66. The molecule has 22 heavy (non-hydrogen) atoms. The van der Waals surface area contributed by atoms with Gasteiger partial charge in [0.1, 0.15) is 11.6 Å². The van der Waals surface area contributed by atoms with Gasteiger partial charge in [-0.3, -0.25) is 4.79 Å². The number of nitrogens with two attached hydrogens (primary N) is 1. The van der Waals surface area contributed by atoms with Crippen molar-refractivity contribution in [3.05, 3.63) is 30.1 Å². The zero-order valence-corrected chi connectivity index (χ0v) is 14.0. The molecule has 0 bridgehead atoms. The van der Waals surface area contributed by atoms with Crippen molar-refractivity contribution in [2.45, 2.75) is 45.1 Å². The van der Waals surface area contributed by atoms with Gasteiger partial charge in [-0.2, -0.15) is 0 Å². The van der Waals surface area contributed by atoms with Gasteiger partial charge in [0.15, 0.2) is 0 Å². The topological polar surface area (TPSA) is 64.3 Å². The standard InChI is InChI=1S/C16H25FN2O2.ClH/c1-3-16(18,4-2)12-19-15(20)9-6-10-21-14-8-5-7-13(17)11-14;/h5,7-8,11H,3-4,6,9-10,12,18H2,1-2H3,(H,19,20);1H. The van der Waals surface area contributed by atoms with E-state index in [2.05, 4.69) is 5.32 Å². The predicted octanol–water partition coefficient (Wildman–Crippen LogP) is 3.04. The van der Waals surface area contributed by atoms with Crippen molar-refractivity contribution in [2.24, 2.45) is 5.73 Å². The van der Waals surface area contributed by atoms with Gasteiger partial charge in [-0.15, -0.1) is 12.4 Å². The maximum Gasteiger partial charge on any atom is 0.220 e. The van der Waals surface area contributed by atoms with Crippen LogP contribution in [-0.2, 0) is 4.79 Å². The smallest absolute Gasteiger partial charge is 0.220 e. The quantitative estimate of drug-likeness (QED) is 0.683. The molecule has 126 valence electrons. The number of halogens is 2.